The lowest BCUT2D eigenvalue weighted by Gasteiger charge is -2.45. The second kappa shape index (κ2) is 8.59. The Bertz CT molecular complexity index is 902. The first-order chi connectivity index (χ1) is 14.0. The molecule has 0 aliphatic heterocycles. The Morgan fingerprint density at radius 3 is 1.52 bits per heavy atom. The van der Waals surface area contributed by atoms with Crippen LogP contribution in [-0.2, 0) is 4.79 Å². The molecule has 1 N–H and O–H groups in total. The number of nitrogens with one attached hydrogen (secondary N) is 1. The average molecular weight is 455 g/mol. The predicted octanol–water partition coefficient (Wildman–Crippen LogP) is 8.13. The molecule has 0 fully saturated rings. The zero-order valence-corrected chi connectivity index (χ0v) is 23.5. The standard InChI is InChI=1S/C26H42N2OSi2/c1-20(29)28(31(10,11)26(5,6)7)24-18-14-22(15-19-24)21-12-16-23(17-13-21)27-30(8,9)25(2,3)4/h12-19,27H,1-11H3. The third-order valence-corrected chi connectivity index (χ3v) is 17.4. The molecule has 0 aliphatic rings. The van der Waals surface area contributed by atoms with Gasteiger partial charge in [0.05, 0.1) is 0 Å². The van der Waals surface area contributed by atoms with Crippen LogP contribution in [0, 0.1) is 0 Å². The molecule has 0 saturated carbocycles. The van der Waals surface area contributed by atoms with Crippen LogP contribution in [0.4, 0.5) is 11.4 Å². The first-order valence-corrected chi connectivity index (χ1v) is 17.2. The van der Waals surface area contributed by atoms with E-state index < -0.39 is 16.5 Å². The van der Waals surface area contributed by atoms with Crippen molar-refractivity contribution in [1.82, 2.24) is 0 Å². The van der Waals surface area contributed by atoms with E-state index in [1.54, 1.807) is 6.92 Å². The Labute approximate surface area is 192 Å². The number of carbonyl (C=O) groups is 1. The van der Waals surface area contributed by atoms with Gasteiger partial charge < -0.3 is 9.55 Å². The minimum absolute atomic E-state index is 0.0876. The SMILES string of the molecule is CC(=O)N(c1ccc(-c2ccc(N[Si](C)(C)C(C)(C)C)cc2)cc1)[Si](C)(C)C(C)(C)C. The minimum Gasteiger partial charge on any atom is -0.410 e. The first-order valence-electron chi connectivity index (χ1n) is 11.3. The van der Waals surface area contributed by atoms with Crippen molar-refractivity contribution in [2.45, 2.75) is 84.7 Å². The maximum atomic E-state index is 12.6. The Hall–Kier alpha value is -1.86. The van der Waals surface area contributed by atoms with Crippen molar-refractivity contribution < 1.29 is 4.79 Å². The smallest absolute Gasteiger partial charge is 0.215 e. The van der Waals surface area contributed by atoms with E-state index in [1.165, 1.54) is 16.8 Å². The summed E-state index contributed by atoms with van der Waals surface area (Å²) in [5.74, 6) is 0.125. The number of amides is 1. The summed E-state index contributed by atoms with van der Waals surface area (Å²) >= 11 is 0. The maximum absolute atomic E-state index is 12.6. The van der Waals surface area contributed by atoms with Gasteiger partial charge in [0.15, 0.2) is 16.5 Å². The van der Waals surface area contributed by atoms with E-state index in [2.05, 4.69) is 126 Å². The van der Waals surface area contributed by atoms with Gasteiger partial charge in [0.2, 0.25) is 5.91 Å². The van der Waals surface area contributed by atoms with Crippen LogP contribution in [0.5, 0.6) is 0 Å². The molecule has 2 rings (SSSR count). The molecule has 0 saturated heterocycles. The summed E-state index contributed by atoms with van der Waals surface area (Å²) in [6, 6.07) is 17.2. The fourth-order valence-corrected chi connectivity index (χ4v) is 6.85. The molecule has 2 aromatic rings. The third-order valence-electron chi connectivity index (χ3n) is 7.38. The minimum atomic E-state index is -2.00. The molecule has 5 heteroatoms. The van der Waals surface area contributed by atoms with Gasteiger partial charge in [0.1, 0.15) is 0 Å². The van der Waals surface area contributed by atoms with E-state index in [4.69, 9.17) is 0 Å². The summed E-state index contributed by atoms with van der Waals surface area (Å²) in [5.41, 5.74) is 4.54. The number of carbonyl (C=O) groups excluding carboxylic acids is 1. The summed E-state index contributed by atoms with van der Waals surface area (Å²) in [5, 5.41) is 0.374. The van der Waals surface area contributed by atoms with Crippen LogP contribution in [0.3, 0.4) is 0 Å². The highest BCUT2D eigenvalue weighted by Crippen LogP contribution is 2.41. The number of anilines is 2. The molecule has 0 bridgehead atoms. The highest BCUT2D eigenvalue weighted by atomic mass is 28.3. The van der Waals surface area contributed by atoms with Crippen LogP contribution in [0.15, 0.2) is 48.5 Å². The van der Waals surface area contributed by atoms with Gasteiger partial charge in [-0.05, 0) is 45.5 Å². The molecule has 170 valence electrons. The van der Waals surface area contributed by atoms with E-state index in [9.17, 15) is 4.79 Å². The van der Waals surface area contributed by atoms with Gasteiger partial charge in [0.25, 0.3) is 0 Å². The van der Waals surface area contributed by atoms with Crippen LogP contribution in [0.2, 0.25) is 36.3 Å². The summed E-state index contributed by atoms with van der Waals surface area (Å²) < 4.78 is 2.06. The monoisotopic (exact) mass is 454 g/mol. The van der Waals surface area contributed by atoms with Gasteiger partial charge in [0, 0.05) is 18.3 Å². The summed E-state index contributed by atoms with van der Waals surface area (Å²) in [4.78, 5) is 16.4. The Kier molecular flexibility index (Phi) is 7.04. The van der Waals surface area contributed by atoms with Gasteiger partial charge in [-0.3, -0.25) is 4.79 Å². The van der Waals surface area contributed by atoms with E-state index in [-0.39, 0.29) is 16.0 Å². The Morgan fingerprint density at radius 1 is 0.742 bits per heavy atom. The van der Waals surface area contributed by atoms with E-state index in [0.29, 0.717) is 0 Å². The van der Waals surface area contributed by atoms with Crippen molar-refractivity contribution in [3.8, 4) is 11.1 Å². The molecule has 31 heavy (non-hydrogen) atoms. The molecule has 0 radical (unpaired) electrons. The fourth-order valence-electron chi connectivity index (χ4n) is 3.33. The second-order valence-corrected chi connectivity index (χ2v) is 21.9. The van der Waals surface area contributed by atoms with Crippen LogP contribution in [0.25, 0.3) is 11.1 Å². The van der Waals surface area contributed by atoms with E-state index >= 15 is 0 Å². The first kappa shape index (κ1) is 25.4. The summed E-state index contributed by atoms with van der Waals surface area (Å²) in [7, 11) is -3.59. The highest BCUT2D eigenvalue weighted by Gasteiger charge is 2.43. The topological polar surface area (TPSA) is 32.3 Å². The van der Waals surface area contributed by atoms with Crippen LogP contribution in [-0.4, -0.2) is 22.4 Å². The van der Waals surface area contributed by atoms with Gasteiger partial charge in [-0.15, -0.1) is 0 Å². The zero-order chi connectivity index (χ0) is 23.8. The van der Waals surface area contributed by atoms with Gasteiger partial charge in [-0.25, -0.2) is 0 Å². The lowest BCUT2D eigenvalue weighted by molar-refractivity contribution is -0.115. The van der Waals surface area contributed by atoms with E-state index in [1.807, 2.05) is 0 Å². The lowest BCUT2D eigenvalue weighted by atomic mass is 10.1. The highest BCUT2D eigenvalue weighted by molar-refractivity contribution is 6.86. The van der Waals surface area contributed by atoms with Crippen molar-refractivity contribution in [1.29, 1.82) is 0 Å². The van der Waals surface area contributed by atoms with Crippen LogP contribution in [0.1, 0.15) is 48.5 Å². The van der Waals surface area contributed by atoms with Crippen molar-refractivity contribution in [3.63, 3.8) is 0 Å². The Balaban J connectivity index is 2.28. The molecule has 0 heterocycles. The van der Waals surface area contributed by atoms with Crippen molar-refractivity contribution in [2.24, 2.45) is 0 Å². The number of hydrogen-bond donors (Lipinski definition) is 1. The van der Waals surface area contributed by atoms with Gasteiger partial charge >= 0.3 is 0 Å². The summed E-state index contributed by atoms with van der Waals surface area (Å²) in [6.07, 6.45) is 0. The molecule has 0 aliphatic carbocycles. The molecule has 1 amide bonds. The molecule has 0 atom stereocenters. The van der Waals surface area contributed by atoms with Crippen molar-refractivity contribution in [3.05, 3.63) is 48.5 Å². The van der Waals surface area contributed by atoms with Crippen molar-refractivity contribution in [2.75, 3.05) is 9.55 Å². The second-order valence-electron chi connectivity index (χ2n) is 11.8. The molecule has 0 aromatic heterocycles. The number of nitrogens with zero attached hydrogens (tertiary/aromatic N) is 1. The molecule has 3 nitrogen and oxygen atoms in total. The number of benzene rings is 2. The number of rotatable bonds is 5. The average Bonchev–Trinajstić information content (AvgIpc) is 2.60. The molecular weight excluding hydrogens is 412 g/mol. The molecule has 0 unspecified atom stereocenters. The maximum Gasteiger partial charge on any atom is 0.215 e. The van der Waals surface area contributed by atoms with Gasteiger partial charge in [-0.1, -0.05) is 92.0 Å². The third kappa shape index (κ3) is 5.50. The van der Waals surface area contributed by atoms with Crippen LogP contribution >= 0.6 is 0 Å². The Morgan fingerprint density at radius 2 is 1.16 bits per heavy atom. The fraction of sp³-hybridized carbons (Fsp3) is 0.500. The largest absolute Gasteiger partial charge is 0.410 e. The number of hydrogen-bond acceptors (Lipinski definition) is 2. The predicted molar refractivity (Wildman–Crippen MR) is 143 cm³/mol. The molecule has 0 spiro atoms. The van der Waals surface area contributed by atoms with Crippen LogP contribution < -0.4 is 9.55 Å². The van der Waals surface area contributed by atoms with Gasteiger partial charge in [-0.2, -0.15) is 0 Å². The normalized spacial score (nSPS) is 13.1. The lowest BCUT2D eigenvalue weighted by Crippen LogP contribution is -2.57. The van der Waals surface area contributed by atoms with E-state index in [0.717, 1.165) is 5.69 Å². The molecular formula is C26H42N2OSi2. The quantitative estimate of drug-likeness (QED) is 0.462. The van der Waals surface area contributed by atoms with Crippen molar-refractivity contribution >= 4 is 33.8 Å². The zero-order valence-electron chi connectivity index (χ0n) is 21.5. The molecule has 2 aromatic carbocycles. The summed E-state index contributed by atoms with van der Waals surface area (Å²) in [6.45, 7) is 24.7.